The predicted octanol–water partition coefficient (Wildman–Crippen LogP) is 6.85. The van der Waals surface area contributed by atoms with Gasteiger partial charge in [0.15, 0.2) is 0 Å². The summed E-state index contributed by atoms with van der Waals surface area (Å²) in [7, 11) is 0. The lowest BCUT2D eigenvalue weighted by atomic mass is 10.0. The van der Waals surface area contributed by atoms with Crippen LogP contribution in [0.15, 0.2) is 42.5 Å². The summed E-state index contributed by atoms with van der Waals surface area (Å²) in [6.07, 6.45) is -6.40. The minimum Gasteiger partial charge on any atom is -0.372 e. The average Bonchev–Trinajstić information content (AvgIpc) is 2.59. The molecule has 144 valence electrons. The van der Waals surface area contributed by atoms with E-state index in [1.165, 1.54) is 18.2 Å². The van der Waals surface area contributed by atoms with E-state index in [1.54, 1.807) is 24.3 Å². The number of nitrogens with one attached hydrogen (secondary N) is 1. The SMILES string of the molecule is C#[N+]c1ccc(-c2ccc(Cl)cc2)cc1NCC(F)(F)C(F)(F)C(F)(F)F. The van der Waals surface area contributed by atoms with Crippen molar-refractivity contribution < 1.29 is 30.7 Å². The van der Waals surface area contributed by atoms with Crippen molar-refractivity contribution in [3.8, 4) is 17.7 Å². The van der Waals surface area contributed by atoms with Crippen LogP contribution in [0.5, 0.6) is 0 Å². The Morgan fingerprint density at radius 3 is 1.96 bits per heavy atom. The maximum atomic E-state index is 13.5. The molecule has 2 nitrogen and oxygen atoms in total. The van der Waals surface area contributed by atoms with Gasteiger partial charge in [-0.15, -0.1) is 0 Å². The summed E-state index contributed by atoms with van der Waals surface area (Å²) in [6.45, 7) is 3.13. The first-order chi connectivity index (χ1) is 12.4. The third kappa shape index (κ3) is 4.27. The van der Waals surface area contributed by atoms with Gasteiger partial charge in [0, 0.05) is 11.1 Å². The number of rotatable bonds is 5. The fraction of sp³-hybridized carbons (Fsp3) is 0.235. The van der Waals surface area contributed by atoms with E-state index in [-0.39, 0.29) is 11.4 Å². The second-order valence-corrected chi connectivity index (χ2v) is 5.93. The summed E-state index contributed by atoms with van der Waals surface area (Å²) in [5.74, 6) is -11.6. The zero-order chi connectivity index (χ0) is 20.5. The monoisotopic (exact) mass is 411 g/mol. The summed E-state index contributed by atoms with van der Waals surface area (Å²) in [5, 5.41) is 2.32. The second-order valence-electron chi connectivity index (χ2n) is 5.50. The molecule has 0 saturated carbocycles. The lowest BCUT2D eigenvalue weighted by Crippen LogP contribution is -2.55. The van der Waals surface area contributed by atoms with Crippen LogP contribution in [0.3, 0.4) is 0 Å². The summed E-state index contributed by atoms with van der Waals surface area (Å²) in [6, 6.07) is 10.4. The van der Waals surface area contributed by atoms with Gasteiger partial charge in [-0.25, -0.2) is 0 Å². The first-order valence-electron chi connectivity index (χ1n) is 7.26. The molecule has 2 aromatic rings. The molecule has 27 heavy (non-hydrogen) atoms. The highest BCUT2D eigenvalue weighted by Gasteiger charge is 2.72. The Hall–Kier alpha value is -2.47. The van der Waals surface area contributed by atoms with E-state index in [1.807, 2.05) is 5.32 Å². The van der Waals surface area contributed by atoms with Crippen LogP contribution in [0.25, 0.3) is 16.0 Å². The van der Waals surface area contributed by atoms with Crippen LogP contribution in [-0.4, -0.2) is 24.6 Å². The Kier molecular flexibility index (Phi) is 5.61. The minimum absolute atomic E-state index is 0.0983. The molecule has 0 unspecified atom stereocenters. The number of alkyl halides is 7. The van der Waals surface area contributed by atoms with Crippen molar-refractivity contribution in [1.82, 2.24) is 0 Å². The molecule has 2 aromatic carbocycles. The minimum atomic E-state index is -6.40. The molecule has 0 fully saturated rings. The maximum Gasteiger partial charge on any atom is 0.459 e. The summed E-state index contributed by atoms with van der Waals surface area (Å²) < 4.78 is 89.6. The smallest absolute Gasteiger partial charge is 0.372 e. The van der Waals surface area contributed by atoms with Gasteiger partial charge in [-0.2, -0.15) is 30.7 Å². The molecule has 0 aromatic heterocycles. The number of halogens is 8. The van der Waals surface area contributed by atoms with Crippen LogP contribution >= 0.6 is 11.6 Å². The molecule has 2 rings (SSSR count). The Morgan fingerprint density at radius 2 is 1.44 bits per heavy atom. The summed E-state index contributed by atoms with van der Waals surface area (Å²) >= 11 is 5.77. The molecular weight excluding hydrogens is 401 g/mol. The zero-order valence-electron chi connectivity index (χ0n) is 13.3. The van der Waals surface area contributed by atoms with Gasteiger partial charge in [-0.3, -0.25) is 0 Å². The number of nitrogens with zero attached hydrogens (tertiary/aromatic N) is 1. The molecule has 0 aliphatic heterocycles. The molecule has 0 aliphatic carbocycles. The Balaban J connectivity index is 2.31. The van der Waals surface area contributed by atoms with E-state index in [0.717, 1.165) is 0 Å². The largest absolute Gasteiger partial charge is 0.459 e. The lowest BCUT2D eigenvalue weighted by Gasteiger charge is -2.28. The van der Waals surface area contributed by atoms with E-state index in [2.05, 4.69) is 4.85 Å². The van der Waals surface area contributed by atoms with Gasteiger partial charge in [-0.05, 0) is 40.2 Å². The van der Waals surface area contributed by atoms with Gasteiger partial charge in [-0.1, -0.05) is 23.7 Å². The highest BCUT2D eigenvalue weighted by atomic mass is 35.5. The predicted molar refractivity (Wildman–Crippen MR) is 89.3 cm³/mol. The molecule has 10 heteroatoms. The first-order valence-corrected chi connectivity index (χ1v) is 7.64. The number of hydrogen-bond donors (Lipinski definition) is 1. The molecule has 0 saturated heterocycles. The Bertz CT molecular complexity index is 855. The van der Waals surface area contributed by atoms with Crippen molar-refractivity contribution in [3.05, 3.63) is 52.3 Å². The van der Waals surface area contributed by atoms with Crippen LogP contribution in [0.1, 0.15) is 0 Å². The standard InChI is InChI=1S/C17H11ClF7N2/c1-26-13-7-4-11(10-2-5-12(18)6-3-10)8-14(13)27-9-15(19,20)16(21,22)17(23,24)25/h1-8,27H,9H2/q+1. The molecule has 1 N–H and O–H groups in total. The highest BCUT2D eigenvalue weighted by Crippen LogP contribution is 2.46. The van der Waals surface area contributed by atoms with Crippen molar-refractivity contribution in [2.24, 2.45) is 0 Å². The van der Waals surface area contributed by atoms with Crippen molar-refractivity contribution in [3.63, 3.8) is 0 Å². The molecular formula is C17H11ClF7N2+. The zero-order valence-corrected chi connectivity index (χ0v) is 14.1. The highest BCUT2D eigenvalue weighted by molar-refractivity contribution is 6.30. The maximum absolute atomic E-state index is 13.5. The molecule has 0 heterocycles. The normalized spacial score (nSPS) is 12.6. The molecule has 0 amide bonds. The van der Waals surface area contributed by atoms with Gasteiger partial charge in [0.25, 0.3) is 6.57 Å². The van der Waals surface area contributed by atoms with E-state index in [9.17, 15) is 30.7 Å². The van der Waals surface area contributed by atoms with E-state index in [4.69, 9.17) is 18.2 Å². The van der Waals surface area contributed by atoms with Gasteiger partial charge < -0.3 is 5.32 Å². The second kappa shape index (κ2) is 7.27. The quantitative estimate of drug-likeness (QED) is 0.532. The van der Waals surface area contributed by atoms with E-state index >= 15 is 0 Å². The van der Waals surface area contributed by atoms with Crippen molar-refractivity contribution >= 4 is 23.0 Å². The van der Waals surface area contributed by atoms with Crippen LogP contribution in [0.4, 0.5) is 42.1 Å². The fourth-order valence-electron chi connectivity index (χ4n) is 2.14. The van der Waals surface area contributed by atoms with Crippen LogP contribution in [0.2, 0.25) is 5.02 Å². The van der Waals surface area contributed by atoms with E-state index in [0.29, 0.717) is 16.1 Å². The molecule has 0 bridgehead atoms. The molecule has 0 radical (unpaired) electrons. The van der Waals surface area contributed by atoms with Gasteiger partial charge in [0.05, 0.1) is 6.54 Å². The van der Waals surface area contributed by atoms with Crippen molar-refractivity contribution in [1.29, 1.82) is 0 Å². The molecule has 0 spiro atoms. The topological polar surface area (TPSA) is 16.4 Å². The van der Waals surface area contributed by atoms with Crippen LogP contribution in [0, 0.1) is 6.57 Å². The van der Waals surface area contributed by atoms with Crippen molar-refractivity contribution in [2.75, 3.05) is 11.9 Å². The Morgan fingerprint density at radius 1 is 0.889 bits per heavy atom. The number of hydrogen-bond acceptors (Lipinski definition) is 1. The lowest BCUT2D eigenvalue weighted by molar-refractivity contribution is -0.350. The summed E-state index contributed by atoms with van der Waals surface area (Å²) in [4.78, 5) is 3.29. The van der Waals surface area contributed by atoms with Gasteiger partial charge in [0.2, 0.25) is 0 Å². The molecule has 0 aliphatic rings. The number of anilines is 1. The number of benzene rings is 2. The third-order valence-corrected chi connectivity index (χ3v) is 3.88. The van der Waals surface area contributed by atoms with E-state index < -0.39 is 24.6 Å². The Labute approximate surface area is 154 Å². The first kappa shape index (κ1) is 20.8. The fourth-order valence-corrected chi connectivity index (χ4v) is 2.26. The van der Waals surface area contributed by atoms with Crippen LogP contribution < -0.4 is 5.32 Å². The van der Waals surface area contributed by atoms with Crippen LogP contribution in [-0.2, 0) is 0 Å². The average molecular weight is 412 g/mol. The molecule has 0 atom stereocenters. The van der Waals surface area contributed by atoms with Gasteiger partial charge in [0.1, 0.15) is 5.69 Å². The third-order valence-electron chi connectivity index (χ3n) is 3.63. The van der Waals surface area contributed by atoms with Crippen molar-refractivity contribution in [2.45, 2.75) is 18.0 Å². The van der Waals surface area contributed by atoms with Gasteiger partial charge >= 0.3 is 23.7 Å². The summed E-state index contributed by atoms with van der Waals surface area (Å²) in [5.41, 5.74) is 0.715.